The summed E-state index contributed by atoms with van der Waals surface area (Å²) in [6.45, 7) is 4.53. The van der Waals surface area contributed by atoms with Gasteiger partial charge in [-0.2, -0.15) is 5.10 Å². The summed E-state index contributed by atoms with van der Waals surface area (Å²) < 4.78 is 7.53. The number of hydrogen-bond acceptors (Lipinski definition) is 5. The van der Waals surface area contributed by atoms with Crippen molar-refractivity contribution in [2.24, 2.45) is 5.92 Å². The minimum Gasteiger partial charge on any atom is -0.389 e. The van der Waals surface area contributed by atoms with E-state index in [2.05, 4.69) is 15.0 Å². The Morgan fingerprint density at radius 3 is 2.96 bits per heavy atom. The second-order valence-corrected chi connectivity index (χ2v) is 6.54. The van der Waals surface area contributed by atoms with E-state index in [4.69, 9.17) is 4.74 Å². The lowest BCUT2D eigenvalue weighted by molar-refractivity contribution is 0.00214. The summed E-state index contributed by atoms with van der Waals surface area (Å²) in [5, 5.41) is 14.4. The number of ether oxygens (including phenoxy) is 1. The number of likely N-dealkylation sites (tertiary alicyclic amines) is 1. The highest BCUT2D eigenvalue weighted by Gasteiger charge is 2.22. The Morgan fingerprint density at radius 2 is 2.17 bits per heavy atom. The summed E-state index contributed by atoms with van der Waals surface area (Å²) in [6.07, 6.45) is 5.27. The number of rotatable bonds is 8. The second kappa shape index (κ2) is 8.92. The van der Waals surface area contributed by atoms with Gasteiger partial charge in [0, 0.05) is 19.6 Å². The lowest BCUT2D eigenvalue weighted by Crippen LogP contribution is -2.42. The SMILES string of the molecule is O[C@H](COCc1ccccc1)CN1CCC[C@H](Cn2cncn2)C1. The van der Waals surface area contributed by atoms with Crippen LogP contribution in [0.15, 0.2) is 43.0 Å². The van der Waals surface area contributed by atoms with Crippen molar-refractivity contribution in [3.63, 3.8) is 0 Å². The van der Waals surface area contributed by atoms with Gasteiger partial charge in [0.25, 0.3) is 0 Å². The fourth-order valence-electron chi connectivity index (χ4n) is 3.30. The van der Waals surface area contributed by atoms with Gasteiger partial charge in [0.1, 0.15) is 12.7 Å². The molecule has 0 aliphatic carbocycles. The molecule has 0 bridgehead atoms. The highest BCUT2D eigenvalue weighted by atomic mass is 16.5. The standard InChI is InChI=1S/C18H26N4O2/c23-18(13-24-12-16-5-2-1-3-6-16)11-21-8-4-7-17(9-21)10-22-15-19-14-20-22/h1-3,5-6,14-15,17-18,23H,4,7-13H2/t17-,18-/m0/s1. The van der Waals surface area contributed by atoms with Gasteiger partial charge in [0.15, 0.2) is 0 Å². The number of piperidine rings is 1. The number of benzene rings is 1. The van der Waals surface area contributed by atoms with Crippen molar-refractivity contribution < 1.29 is 9.84 Å². The number of hydrogen-bond donors (Lipinski definition) is 1. The van der Waals surface area contributed by atoms with E-state index in [1.165, 1.54) is 6.42 Å². The van der Waals surface area contributed by atoms with Crippen LogP contribution < -0.4 is 0 Å². The predicted molar refractivity (Wildman–Crippen MR) is 91.3 cm³/mol. The zero-order valence-corrected chi connectivity index (χ0v) is 14.0. The van der Waals surface area contributed by atoms with E-state index in [1.54, 1.807) is 12.7 Å². The molecule has 3 rings (SSSR count). The van der Waals surface area contributed by atoms with Crippen LogP contribution in [0.4, 0.5) is 0 Å². The molecule has 0 radical (unpaired) electrons. The molecule has 2 aromatic rings. The molecule has 130 valence electrons. The van der Waals surface area contributed by atoms with Crippen molar-refractivity contribution in [2.75, 3.05) is 26.2 Å². The molecule has 1 aromatic heterocycles. The van der Waals surface area contributed by atoms with Crippen LogP contribution in [0.2, 0.25) is 0 Å². The van der Waals surface area contributed by atoms with Crippen LogP contribution in [0, 0.1) is 5.92 Å². The molecule has 0 amide bonds. The lowest BCUT2D eigenvalue weighted by Gasteiger charge is -2.33. The van der Waals surface area contributed by atoms with Gasteiger partial charge in [-0.15, -0.1) is 0 Å². The Hall–Kier alpha value is -1.76. The minimum absolute atomic E-state index is 0.374. The first kappa shape index (κ1) is 17.1. The van der Waals surface area contributed by atoms with E-state index in [0.29, 0.717) is 25.7 Å². The predicted octanol–water partition coefficient (Wildman–Crippen LogP) is 1.57. The molecule has 6 nitrogen and oxygen atoms in total. The van der Waals surface area contributed by atoms with Crippen molar-refractivity contribution in [1.29, 1.82) is 0 Å². The summed E-state index contributed by atoms with van der Waals surface area (Å²) in [6, 6.07) is 10.1. The molecule has 1 aliphatic rings. The van der Waals surface area contributed by atoms with Crippen LogP contribution in [0.25, 0.3) is 0 Å². The van der Waals surface area contributed by atoms with Crippen molar-refractivity contribution in [1.82, 2.24) is 19.7 Å². The summed E-state index contributed by atoms with van der Waals surface area (Å²) in [7, 11) is 0. The van der Waals surface area contributed by atoms with Crippen LogP contribution in [-0.2, 0) is 17.9 Å². The van der Waals surface area contributed by atoms with Crippen molar-refractivity contribution in [3.05, 3.63) is 48.5 Å². The monoisotopic (exact) mass is 330 g/mol. The van der Waals surface area contributed by atoms with Gasteiger partial charge >= 0.3 is 0 Å². The van der Waals surface area contributed by atoms with E-state index in [1.807, 2.05) is 35.0 Å². The molecule has 24 heavy (non-hydrogen) atoms. The van der Waals surface area contributed by atoms with E-state index in [9.17, 15) is 5.11 Å². The molecule has 1 N–H and O–H groups in total. The van der Waals surface area contributed by atoms with Crippen LogP contribution in [0.1, 0.15) is 18.4 Å². The zero-order chi connectivity index (χ0) is 16.6. The molecule has 1 fully saturated rings. The number of aliphatic hydroxyl groups excluding tert-OH is 1. The maximum Gasteiger partial charge on any atom is 0.137 e. The molecule has 0 saturated carbocycles. The first-order valence-electron chi connectivity index (χ1n) is 8.64. The molecule has 0 spiro atoms. The zero-order valence-electron chi connectivity index (χ0n) is 14.0. The average Bonchev–Trinajstić information content (AvgIpc) is 3.09. The first-order chi connectivity index (χ1) is 11.8. The molecule has 6 heteroatoms. The molecular weight excluding hydrogens is 304 g/mol. The Balaban J connectivity index is 1.36. The van der Waals surface area contributed by atoms with Crippen molar-refractivity contribution in [3.8, 4) is 0 Å². The number of nitrogens with zero attached hydrogens (tertiary/aromatic N) is 4. The van der Waals surface area contributed by atoms with Crippen LogP contribution in [-0.4, -0.2) is 57.1 Å². The fraction of sp³-hybridized carbons (Fsp3) is 0.556. The highest BCUT2D eigenvalue weighted by molar-refractivity contribution is 5.13. The maximum absolute atomic E-state index is 10.2. The third-order valence-electron chi connectivity index (χ3n) is 4.41. The third kappa shape index (κ3) is 5.40. The quantitative estimate of drug-likeness (QED) is 0.796. The Kier molecular flexibility index (Phi) is 6.34. The Morgan fingerprint density at radius 1 is 1.29 bits per heavy atom. The van der Waals surface area contributed by atoms with Crippen molar-refractivity contribution >= 4 is 0 Å². The molecule has 1 aromatic carbocycles. The molecule has 1 saturated heterocycles. The molecule has 1 aliphatic heterocycles. The topological polar surface area (TPSA) is 63.4 Å². The fourth-order valence-corrected chi connectivity index (χ4v) is 3.30. The Labute approximate surface area is 143 Å². The summed E-state index contributed by atoms with van der Waals surface area (Å²) in [5.74, 6) is 0.567. The summed E-state index contributed by atoms with van der Waals surface area (Å²) in [5.41, 5.74) is 1.13. The van der Waals surface area contributed by atoms with E-state index in [0.717, 1.165) is 31.6 Å². The van der Waals surface area contributed by atoms with E-state index in [-0.39, 0.29) is 0 Å². The van der Waals surface area contributed by atoms with Gasteiger partial charge in [-0.05, 0) is 30.9 Å². The van der Waals surface area contributed by atoms with Gasteiger partial charge in [0.05, 0.1) is 19.3 Å². The normalized spacial score (nSPS) is 20.1. The number of β-amino-alcohol motifs (C(OH)–C–C–N with tert-alkyl or cyclic N) is 1. The van der Waals surface area contributed by atoms with Gasteiger partial charge in [-0.1, -0.05) is 30.3 Å². The van der Waals surface area contributed by atoms with E-state index >= 15 is 0 Å². The molecule has 2 atom stereocenters. The second-order valence-electron chi connectivity index (χ2n) is 6.54. The average molecular weight is 330 g/mol. The smallest absolute Gasteiger partial charge is 0.137 e. The van der Waals surface area contributed by atoms with E-state index < -0.39 is 6.10 Å². The van der Waals surface area contributed by atoms with Gasteiger partial charge < -0.3 is 14.7 Å². The third-order valence-corrected chi connectivity index (χ3v) is 4.41. The summed E-state index contributed by atoms with van der Waals surface area (Å²) in [4.78, 5) is 6.33. The highest BCUT2D eigenvalue weighted by Crippen LogP contribution is 2.18. The van der Waals surface area contributed by atoms with Crippen LogP contribution in [0.3, 0.4) is 0 Å². The summed E-state index contributed by atoms with van der Waals surface area (Å²) >= 11 is 0. The number of aliphatic hydroxyl groups is 1. The first-order valence-corrected chi connectivity index (χ1v) is 8.64. The van der Waals surface area contributed by atoms with Gasteiger partial charge in [-0.25, -0.2) is 4.98 Å². The van der Waals surface area contributed by atoms with Crippen molar-refractivity contribution in [2.45, 2.75) is 32.1 Å². The van der Waals surface area contributed by atoms with Crippen LogP contribution >= 0.6 is 0 Å². The molecular formula is C18H26N4O2. The van der Waals surface area contributed by atoms with Gasteiger partial charge in [0.2, 0.25) is 0 Å². The lowest BCUT2D eigenvalue weighted by atomic mass is 9.98. The number of aromatic nitrogens is 3. The van der Waals surface area contributed by atoms with Gasteiger partial charge in [-0.3, -0.25) is 4.68 Å². The minimum atomic E-state index is -0.446. The van der Waals surface area contributed by atoms with Crippen LogP contribution in [0.5, 0.6) is 0 Å². The largest absolute Gasteiger partial charge is 0.389 e. The molecule has 0 unspecified atom stereocenters. The maximum atomic E-state index is 10.2. The molecule has 2 heterocycles. The Bertz CT molecular complexity index is 576.